The monoisotopic (exact) mass is 215 g/mol. The molecule has 1 aliphatic rings. The molecule has 2 aromatic rings. The Morgan fingerprint density at radius 3 is 3.12 bits per heavy atom. The van der Waals surface area contributed by atoms with Gasteiger partial charge < -0.3 is 4.90 Å². The summed E-state index contributed by atoms with van der Waals surface area (Å²) < 4.78 is 1.82. The minimum atomic E-state index is 0.777. The second kappa shape index (κ2) is 3.68. The molecule has 0 atom stereocenters. The van der Waals surface area contributed by atoms with Gasteiger partial charge in [-0.3, -0.25) is 0 Å². The molecule has 82 valence electrons. The number of hydrogen-bond acceptors (Lipinski definition) is 4. The third-order valence-electron chi connectivity index (χ3n) is 2.84. The van der Waals surface area contributed by atoms with E-state index in [9.17, 15) is 0 Å². The van der Waals surface area contributed by atoms with E-state index in [-0.39, 0.29) is 0 Å². The van der Waals surface area contributed by atoms with Crippen molar-refractivity contribution in [3.63, 3.8) is 0 Å². The van der Waals surface area contributed by atoms with Gasteiger partial charge in [-0.2, -0.15) is 10.2 Å². The maximum atomic E-state index is 4.54. The van der Waals surface area contributed by atoms with Crippen LogP contribution in [-0.4, -0.2) is 38.5 Å². The fourth-order valence-corrected chi connectivity index (χ4v) is 1.99. The van der Waals surface area contributed by atoms with Crippen molar-refractivity contribution in [2.24, 2.45) is 0 Å². The Kier molecular flexibility index (Phi) is 2.18. The molecule has 0 saturated carbocycles. The number of likely N-dealkylation sites (N-methyl/N-ethyl adjacent to an activating group) is 1. The molecule has 0 aromatic carbocycles. The summed E-state index contributed by atoms with van der Waals surface area (Å²) in [6.45, 7) is 2.04. The molecule has 16 heavy (non-hydrogen) atoms. The van der Waals surface area contributed by atoms with Gasteiger partial charge in [0.15, 0.2) is 5.82 Å². The molecule has 0 spiro atoms. The van der Waals surface area contributed by atoms with Crippen LogP contribution in [0.15, 0.2) is 24.5 Å². The molecule has 0 radical (unpaired) electrons. The largest absolute Gasteiger partial charge is 0.302 e. The van der Waals surface area contributed by atoms with E-state index in [1.54, 1.807) is 6.20 Å². The Morgan fingerprint density at radius 1 is 1.38 bits per heavy atom. The summed E-state index contributed by atoms with van der Waals surface area (Å²) in [7, 11) is 2.13. The molecular weight excluding hydrogens is 202 g/mol. The van der Waals surface area contributed by atoms with Crippen LogP contribution in [-0.2, 0) is 13.0 Å². The Balaban J connectivity index is 1.99. The van der Waals surface area contributed by atoms with Crippen molar-refractivity contribution in [3.05, 3.63) is 35.8 Å². The molecular formula is C11H13N5. The van der Waals surface area contributed by atoms with Gasteiger partial charge >= 0.3 is 0 Å². The predicted octanol–water partition coefficient (Wildman–Crippen LogP) is 0.650. The molecule has 0 bridgehead atoms. The average molecular weight is 215 g/mol. The molecule has 3 heterocycles. The van der Waals surface area contributed by atoms with Gasteiger partial charge in [-0.25, -0.2) is 4.68 Å². The summed E-state index contributed by atoms with van der Waals surface area (Å²) in [5.41, 5.74) is 2.48. The molecule has 0 fully saturated rings. The molecule has 1 aliphatic heterocycles. The van der Waals surface area contributed by atoms with Crippen LogP contribution in [0.5, 0.6) is 0 Å². The van der Waals surface area contributed by atoms with E-state index in [4.69, 9.17) is 0 Å². The normalized spacial score (nSPS) is 16.1. The molecule has 0 saturated heterocycles. The summed E-state index contributed by atoms with van der Waals surface area (Å²) in [6, 6.07) is 3.78. The Hall–Kier alpha value is -1.75. The minimum Gasteiger partial charge on any atom is -0.302 e. The zero-order valence-corrected chi connectivity index (χ0v) is 9.17. The average Bonchev–Trinajstić information content (AvgIpc) is 2.73. The quantitative estimate of drug-likeness (QED) is 0.700. The second-order valence-corrected chi connectivity index (χ2v) is 4.12. The molecule has 3 rings (SSSR count). The summed E-state index contributed by atoms with van der Waals surface area (Å²) in [5.74, 6) is 0.777. The van der Waals surface area contributed by atoms with Crippen LogP contribution in [0.4, 0.5) is 0 Å². The van der Waals surface area contributed by atoms with Gasteiger partial charge in [0.05, 0.1) is 5.69 Å². The lowest BCUT2D eigenvalue weighted by atomic mass is 10.1. The standard InChI is InChI=1S/C11H13N5/c1-15-6-4-10-9(7-15)8-16(14-10)11-3-2-5-12-13-11/h2-3,5,8H,4,6-7H2,1H3. The van der Waals surface area contributed by atoms with Crippen molar-refractivity contribution < 1.29 is 0 Å². The first-order valence-corrected chi connectivity index (χ1v) is 5.37. The zero-order chi connectivity index (χ0) is 11.0. The van der Waals surface area contributed by atoms with Crippen molar-refractivity contribution in [2.75, 3.05) is 13.6 Å². The molecule has 0 unspecified atom stereocenters. The maximum Gasteiger partial charge on any atom is 0.175 e. The lowest BCUT2D eigenvalue weighted by molar-refractivity contribution is 0.311. The SMILES string of the molecule is CN1CCc2nn(-c3cccnn3)cc2C1. The first kappa shape index (κ1) is 9.47. The van der Waals surface area contributed by atoms with Crippen LogP contribution < -0.4 is 0 Å². The molecule has 0 amide bonds. The summed E-state index contributed by atoms with van der Waals surface area (Å²) in [5, 5.41) is 12.5. The van der Waals surface area contributed by atoms with Crippen LogP contribution in [0.1, 0.15) is 11.3 Å². The van der Waals surface area contributed by atoms with Gasteiger partial charge in [0.1, 0.15) is 0 Å². The van der Waals surface area contributed by atoms with Crippen LogP contribution in [0.3, 0.4) is 0 Å². The minimum absolute atomic E-state index is 0.777. The molecule has 0 N–H and O–H groups in total. The van der Waals surface area contributed by atoms with E-state index < -0.39 is 0 Å². The van der Waals surface area contributed by atoms with Crippen molar-refractivity contribution in [1.82, 2.24) is 24.9 Å². The fraction of sp³-hybridized carbons (Fsp3) is 0.364. The lowest BCUT2D eigenvalue weighted by Gasteiger charge is -2.20. The van der Waals surface area contributed by atoms with E-state index >= 15 is 0 Å². The Labute approximate surface area is 93.7 Å². The van der Waals surface area contributed by atoms with E-state index in [0.717, 1.165) is 25.3 Å². The van der Waals surface area contributed by atoms with Gasteiger partial charge in [0.25, 0.3) is 0 Å². The van der Waals surface area contributed by atoms with Crippen molar-refractivity contribution in [1.29, 1.82) is 0 Å². The highest BCUT2D eigenvalue weighted by molar-refractivity contribution is 5.26. The summed E-state index contributed by atoms with van der Waals surface area (Å²) in [4.78, 5) is 2.30. The second-order valence-electron chi connectivity index (χ2n) is 4.12. The highest BCUT2D eigenvalue weighted by Crippen LogP contribution is 2.17. The first-order valence-electron chi connectivity index (χ1n) is 5.37. The van der Waals surface area contributed by atoms with Crippen LogP contribution in [0.2, 0.25) is 0 Å². The Morgan fingerprint density at radius 2 is 2.31 bits per heavy atom. The zero-order valence-electron chi connectivity index (χ0n) is 9.17. The molecule has 0 aliphatic carbocycles. The molecule has 2 aromatic heterocycles. The predicted molar refractivity (Wildman–Crippen MR) is 59.2 cm³/mol. The lowest BCUT2D eigenvalue weighted by Crippen LogP contribution is -2.25. The number of fused-ring (bicyclic) bond motifs is 1. The number of nitrogens with zero attached hydrogens (tertiary/aromatic N) is 5. The highest BCUT2D eigenvalue weighted by Gasteiger charge is 2.17. The smallest absolute Gasteiger partial charge is 0.175 e. The molecule has 5 nitrogen and oxygen atoms in total. The number of hydrogen-bond donors (Lipinski definition) is 0. The van der Waals surface area contributed by atoms with Crippen LogP contribution >= 0.6 is 0 Å². The van der Waals surface area contributed by atoms with Crippen molar-refractivity contribution >= 4 is 0 Å². The van der Waals surface area contributed by atoms with Gasteiger partial charge in [-0.15, -0.1) is 5.10 Å². The maximum absolute atomic E-state index is 4.54. The topological polar surface area (TPSA) is 46.8 Å². The Bertz CT molecular complexity index is 490. The third-order valence-corrected chi connectivity index (χ3v) is 2.84. The molecule has 5 heteroatoms. The van der Waals surface area contributed by atoms with Crippen LogP contribution in [0.25, 0.3) is 5.82 Å². The third kappa shape index (κ3) is 1.59. The summed E-state index contributed by atoms with van der Waals surface area (Å²) in [6.07, 6.45) is 4.73. The summed E-state index contributed by atoms with van der Waals surface area (Å²) >= 11 is 0. The fourth-order valence-electron chi connectivity index (χ4n) is 1.99. The van der Waals surface area contributed by atoms with E-state index in [0.29, 0.717) is 0 Å². The van der Waals surface area contributed by atoms with E-state index in [2.05, 4.69) is 33.4 Å². The van der Waals surface area contributed by atoms with Gasteiger partial charge in [-0.05, 0) is 19.2 Å². The van der Waals surface area contributed by atoms with Gasteiger partial charge in [0.2, 0.25) is 0 Å². The van der Waals surface area contributed by atoms with E-state index in [1.807, 2.05) is 16.8 Å². The van der Waals surface area contributed by atoms with E-state index in [1.165, 1.54) is 11.3 Å². The van der Waals surface area contributed by atoms with Crippen molar-refractivity contribution in [2.45, 2.75) is 13.0 Å². The van der Waals surface area contributed by atoms with Gasteiger partial charge in [-0.1, -0.05) is 0 Å². The van der Waals surface area contributed by atoms with Gasteiger partial charge in [0, 0.05) is 37.5 Å². The highest BCUT2D eigenvalue weighted by atomic mass is 15.3. The number of aromatic nitrogens is 4. The van der Waals surface area contributed by atoms with Crippen molar-refractivity contribution in [3.8, 4) is 5.82 Å². The first-order chi connectivity index (χ1) is 7.83. The number of rotatable bonds is 1. The van der Waals surface area contributed by atoms with Crippen LogP contribution in [0, 0.1) is 0 Å².